The van der Waals surface area contributed by atoms with Gasteiger partial charge in [0.25, 0.3) is 0 Å². The van der Waals surface area contributed by atoms with E-state index in [-0.39, 0.29) is 34.5 Å². The third-order valence-corrected chi connectivity index (χ3v) is 8.83. The first-order valence-electron chi connectivity index (χ1n) is 17.5. The maximum absolute atomic E-state index is 13.4. The molecule has 4 N–H and O–H groups in total. The first-order valence-corrected chi connectivity index (χ1v) is 17.5. The Bertz CT molecular complexity index is 575. The van der Waals surface area contributed by atoms with Crippen molar-refractivity contribution >= 4 is 11.6 Å². The van der Waals surface area contributed by atoms with Crippen molar-refractivity contribution in [2.75, 3.05) is 0 Å². The van der Waals surface area contributed by atoms with Gasteiger partial charge in [-0.25, -0.2) is 0 Å². The van der Waals surface area contributed by atoms with Gasteiger partial charge in [-0.2, -0.15) is 0 Å². The Balaban J connectivity index is 0. The van der Waals surface area contributed by atoms with Crippen LogP contribution in [0.5, 0.6) is 0 Å². The molecule has 0 fully saturated rings. The number of nitrogens with two attached hydrogens (primary N) is 1. The van der Waals surface area contributed by atoms with E-state index in [9.17, 15) is 19.8 Å². The van der Waals surface area contributed by atoms with Crippen LogP contribution in [0.3, 0.4) is 0 Å². The molecular weight excluding hydrogens is 578 g/mol. The lowest BCUT2D eigenvalue weighted by atomic mass is 9.75. The molecule has 5 nitrogen and oxygen atoms in total. The highest BCUT2D eigenvalue weighted by atomic mass is 79.9. The lowest BCUT2D eigenvalue weighted by molar-refractivity contribution is -0.793. The van der Waals surface area contributed by atoms with Crippen LogP contribution in [-0.2, 0) is 9.59 Å². The van der Waals surface area contributed by atoms with Crippen LogP contribution in [-0.4, -0.2) is 34.2 Å². The molecule has 0 aliphatic heterocycles. The topological polar surface area (TPSA) is 91.2 Å². The molecule has 41 heavy (non-hydrogen) atoms. The number of unbranched alkanes of at least 4 members (excludes halogenated alkanes) is 20. The zero-order chi connectivity index (χ0) is 30.1. The SMILES string of the molecule is CCCCCCCCCCCCCC(=O)C(C)(C(=O)CCCCCCCCCCCCC)C(O)[NH2+]C(O)C(C)C.[Br-]. The van der Waals surface area contributed by atoms with Crippen LogP contribution < -0.4 is 22.3 Å². The van der Waals surface area contributed by atoms with Crippen molar-refractivity contribution < 1.29 is 42.1 Å². The van der Waals surface area contributed by atoms with Gasteiger partial charge in [-0.1, -0.05) is 156 Å². The molecule has 0 amide bonds. The highest BCUT2D eigenvalue weighted by Crippen LogP contribution is 2.28. The van der Waals surface area contributed by atoms with Gasteiger partial charge in [0.2, 0.25) is 6.23 Å². The fraction of sp³-hybridized carbons (Fsp3) is 0.943. The third kappa shape index (κ3) is 21.1. The maximum Gasteiger partial charge on any atom is 0.209 e. The Morgan fingerprint density at radius 3 is 1.10 bits per heavy atom. The first kappa shape index (κ1) is 42.8. The molecule has 0 radical (unpaired) electrons. The predicted molar refractivity (Wildman–Crippen MR) is 169 cm³/mol. The monoisotopic (exact) mass is 647 g/mol. The molecule has 2 atom stereocenters. The first-order chi connectivity index (χ1) is 19.2. The van der Waals surface area contributed by atoms with Gasteiger partial charge in [0, 0.05) is 18.8 Å². The Morgan fingerprint density at radius 2 is 0.829 bits per heavy atom. The summed E-state index contributed by atoms with van der Waals surface area (Å²) >= 11 is 0. The Kier molecular flexibility index (Phi) is 29.7. The fourth-order valence-corrected chi connectivity index (χ4v) is 5.51. The number of ketones is 2. The lowest BCUT2D eigenvalue weighted by Gasteiger charge is -2.31. The Hall–Kier alpha value is -0.300. The molecule has 0 aliphatic rings. The van der Waals surface area contributed by atoms with Crippen molar-refractivity contribution in [1.82, 2.24) is 0 Å². The van der Waals surface area contributed by atoms with E-state index in [0.29, 0.717) is 12.8 Å². The molecule has 0 aliphatic carbocycles. The summed E-state index contributed by atoms with van der Waals surface area (Å²) in [5.41, 5.74) is -1.47. The third-order valence-electron chi connectivity index (χ3n) is 8.83. The second-order valence-electron chi connectivity index (χ2n) is 13.0. The average molecular weight is 649 g/mol. The molecule has 0 aromatic rings. The number of hydrogen-bond donors (Lipinski definition) is 3. The highest BCUT2D eigenvalue weighted by molar-refractivity contribution is 6.07. The molecule has 0 spiro atoms. The van der Waals surface area contributed by atoms with Crippen molar-refractivity contribution in [3.05, 3.63) is 0 Å². The van der Waals surface area contributed by atoms with Crippen molar-refractivity contribution in [2.24, 2.45) is 11.3 Å². The molecule has 2 unspecified atom stereocenters. The molecule has 6 heteroatoms. The van der Waals surface area contributed by atoms with E-state index < -0.39 is 17.9 Å². The number of quaternary nitrogens is 1. The fourth-order valence-electron chi connectivity index (χ4n) is 5.51. The minimum Gasteiger partial charge on any atom is -1.00 e. The number of carbonyl (C=O) groups excluding carboxylic acids is 2. The van der Waals surface area contributed by atoms with E-state index in [1.165, 1.54) is 108 Å². The van der Waals surface area contributed by atoms with Crippen LogP contribution in [0.25, 0.3) is 0 Å². The van der Waals surface area contributed by atoms with Gasteiger partial charge in [-0.15, -0.1) is 0 Å². The van der Waals surface area contributed by atoms with E-state index in [2.05, 4.69) is 13.8 Å². The smallest absolute Gasteiger partial charge is 0.209 e. The molecule has 0 aromatic heterocycles. The zero-order valence-corrected chi connectivity index (χ0v) is 29.5. The second kappa shape index (κ2) is 28.5. The van der Waals surface area contributed by atoms with Crippen LogP contribution in [0.2, 0.25) is 0 Å². The number of aliphatic hydroxyl groups excluding tert-OH is 2. The summed E-state index contributed by atoms with van der Waals surface area (Å²) in [7, 11) is 0. The quantitative estimate of drug-likeness (QED) is 0.0554. The minimum atomic E-state index is -1.47. The van der Waals surface area contributed by atoms with E-state index in [4.69, 9.17) is 0 Å². The largest absolute Gasteiger partial charge is 1.00 e. The molecule has 0 aromatic carbocycles. The average Bonchev–Trinajstić information content (AvgIpc) is 2.93. The summed E-state index contributed by atoms with van der Waals surface area (Å²) in [5, 5.41) is 22.8. The number of carbonyl (C=O) groups is 2. The van der Waals surface area contributed by atoms with Gasteiger partial charge >= 0.3 is 0 Å². The summed E-state index contributed by atoms with van der Waals surface area (Å²) in [6.07, 6.45) is 25.1. The maximum atomic E-state index is 13.4. The molecule has 0 bridgehead atoms. The van der Waals surface area contributed by atoms with Crippen LogP contribution >= 0.6 is 0 Å². The van der Waals surface area contributed by atoms with E-state index >= 15 is 0 Å². The molecular formula is C35H70BrNO4. The summed E-state index contributed by atoms with van der Waals surface area (Å²) in [6, 6.07) is 0. The van der Waals surface area contributed by atoms with Gasteiger partial charge < -0.3 is 27.2 Å². The van der Waals surface area contributed by atoms with E-state index in [1.54, 1.807) is 6.92 Å². The molecule has 0 saturated heterocycles. The second-order valence-corrected chi connectivity index (χ2v) is 13.0. The standard InChI is InChI=1S/C35H69NO4.BrH/c1-6-8-10-12-14-16-18-20-22-24-26-28-31(37)35(5,34(40)36-33(39)30(3)4)32(38)29-27-25-23-21-19-17-15-13-11-9-7-2;/h30,33-34,36,39-40H,6-29H2,1-5H3;1H. The summed E-state index contributed by atoms with van der Waals surface area (Å²) in [6.45, 7) is 9.84. The van der Waals surface area contributed by atoms with Gasteiger partial charge in [0.1, 0.15) is 0 Å². The van der Waals surface area contributed by atoms with E-state index in [0.717, 1.165) is 38.5 Å². The van der Waals surface area contributed by atoms with Gasteiger partial charge in [-0.05, 0) is 19.8 Å². The predicted octanol–water partition coefficient (Wildman–Crippen LogP) is 5.39. The van der Waals surface area contributed by atoms with Crippen LogP contribution in [0.15, 0.2) is 0 Å². The van der Waals surface area contributed by atoms with Crippen molar-refractivity contribution in [3.8, 4) is 0 Å². The Morgan fingerprint density at radius 1 is 0.561 bits per heavy atom. The van der Waals surface area contributed by atoms with Crippen molar-refractivity contribution in [3.63, 3.8) is 0 Å². The lowest BCUT2D eigenvalue weighted by Crippen LogP contribution is -3.00. The van der Waals surface area contributed by atoms with Crippen LogP contribution in [0.4, 0.5) is 0 Å². The molecule has 0 saturated carbocycles. The van der Waals surface area contributed by atoms with Gasteiger partial charge in [-0.3, -0.25) is 14.9 Å². The zero-order valence-electron chi connectivity index (χ0n) is 27.9. The molecule has 0 rings (SSSR count). The van der Waals surface area contributed by atoms with Crippen molar-refractivity contribution in [1.29, 1.82) is 0 Å². The minimum absolute atomic E-state index is 0. The highest BCUT2D eigenvalue weighted by Gasteiger charge is 2.49. The number of rotatable bonds is 30. The Labute approximate surface area is 265 Å². The van der Waals surface area contributed by atoms with Crippen molar-refractivity contribution in [2.45, 2.75) is 201 Å². The van der Waals surface area contributed by atoms with Gasteiger partial charge in [0.05, 0.1) is 0 Å². The van der Waals surface area contributed by atoms with Crippen LogP contribution in [0, 0.1) is 11.3 Å². The number of hydrogen-bond acceptors (Lipinski definition) is 4. The normalized spacial score (nSPS) is 13.3. The summed E-state index contributed by atoms with van der Waals surface area (Å²) in [4.78, 5) is 26.8. The summed E-state index contributed by atoms with van der Waals surface area (Å²) in [5.74, 6) is -0.421. The van der Waals surface area contributed by atoms with Crippen LogP contribution in [0.1, 0.15) is 189 Å². The van der Waals surface area contributed by atoms with E-state index in [1.807, 2.05) is 13.8 Å². The summed E-state index contributed by atoms with van der Waals surface area (Å²) < 4.78 is 0. The number of Topliss-reactive ketones (excluding diaryl/α,β-unsaturated/α-hetero) is 2. The number of aliphatic hydroxyl groups is 2. The van der Waals surface area contributed by atoms with Gasteiger partial charge in [0.15, 0.2) is 23.2 Å². The number of halogens is 1. The molecule has 246 valence electrons. The molecule has 0 heterocycles.